The van der Waals surface area contributed by atoms with Crippen LogP contribution in [0.1, 0.15) is 18.5 Å². The van der Waals surface area contributed by atoms with E-state index in [4.69, 9.17) is 0 Å². The van der Waals surface area contributed by atoms with Crippen LogP contribution >= 0.6 is 0 Å². The predicted molar refractivity (Wildman–Crippen MR) is 98.5 cm³/mol. The summed E-state index contributed by atoms with van der Waals surface area (Å²) in [7, 11) is 1.93. The van der Waals surface area contributed by atoms with Crippen LogP contribution in [0.2, 0.25) is 0 Å². The highest BCUT2D eigenvalue weighted by Crippen LogP contribution is 2.27. The van der Waals surface area contributed by atoms with Gasteiger partial charge in [-0.2, -0.15) is 5.10 Å². The van der Waals surface area contributed by atoms with Gasteiger partial charge in [-0.25, -0.2) is 4.39 Å². The third-order valence-corrected chi connectivity index (χ3v) is 4.74. The molecule has 25 heavy (non-hydrogen) atoms. The Labute approximate surface area is 146 Å². The summed E-state index contributed by atoms with van der Waals surface area (Å²) < 4.78 is 15.5. The summed E-state index contributed by atoms with van der Waals surface area (Å²) in [5.74, 6) is -0.234. The van der Waals surface area contributed by atoms with Crippen LogP contribution in [0.3, 0.4) is 0 Å². The van der Waals surface area contributed by atoms with Crippen LogP contribution in [0, 0.1) is 12.7 Å². The Morgan fingerprint density at radius 2 is 2.16 bits per heavy atom. The first kappa shape index (κ1) is 15.9. The first-order valence-corrected chi connectivity index (χ1v) is 8.65. The molecule has 3 heterocycles. The summed E-state index contributed by atoms with van der Waals surface area (Å²) in [5, 5.41) is 8.73. The zero-order chi connectivity index (χ0) is 17.4. The number of pyridine rings is 1. The molecule has 0 saturated carbocycles. The van der Waals surface area contributed by atoms with Crippen LogP contribution in [-0.4, -0.2) is 33.9 Å². The van der Waals surface area contributed by atoms with Crippen molar-refractivity contribution in [1.29, 1.82) is 0 Å². The van der Waals surface area contributed by atoms with Crippen molar-refractivity contribution in [1.82, 2.24) is 14.8 Å². The number of hydrogen-bond acceptors (Lipinski definition) is 4. The lowest BCUT2D eigenvalue weighted by Crippen LogP contribution is -2.42. The van der Waals surface area contributed by atoms with E-state index in [9.17, 15) is 4.39 Å². The van der Waals surface area contributed by atoms with Gasteiger partial charge in [-0.15, -0.1) is 0 Å². The minimum atomic E-state index is -0.234. The molecule has 0 aliphatic carbocycles. The molecule has 0 spiro atoms. The van der Waals surface area contributed by atoms with Crippen LogP contribution in [-0.2, 0) is 7.05 Å². The molecule has 1 aliphatic rings. The molecular weight excluding hydrogens is 317 g/mol. The first-order valence-electron chi connectivity index (χ1n) is 8.65. The van der Waals surface area contributed by atoms with Gasteiger partial charge in [0.25, 0.3) is 0 Å². The standard InChI is InChI=1S/C19H22FN5/c1-13-8-19(17-9-14(20)5-6-18(17)22-13)23-15-4-3-7-25(11-15)16-10-21-24(2)12-16/h5-6,8-10,12,15H,3-4,7,11H2,1-2H3,(H,22,23). The zero-order valence-corrected chi connectivity index (χ0v) is 14.5. The molecule has 1 aliphatic heterocycles. The molecule has 0 radical (unpaired) electrons. The van der Waals surface area contributed by atoms with Crippen molar-refractivity contribution in [3.05, 3.63) is 48.2 Å². The zero-order valence-electron chi connectivity index (χ0n) is 14.5. The van der Waals surface area contributed by atoms with E-state index in [-0.39, 0.29) is 5.82 Å². The van der Waals surface area contributed by atoms with Crippen LogP contribution in [0.5, 0.6) is 0 Å². The van der Waals surface area contributed by atoms with Crippen LogP contribution in [0.25, 0.3) is 10.9 Å². The van der Waals surface area contributed by atoms with Gasteiger partial charge < -0.3 is 10.2 Å². The van der Waals surface area contributed by atoms with E-state index in [1.54, 1.807) is 12.1 Å². The number of nitrogens with zero attached hydrogens (tertiary/aromatic N) is 4. The monoisotopic (exact) mass is 339 g/mol. The normalized spacial score (nSPS) is 17.9. The number of nitrogens with one attached hydrogen (secondary N) is 1. The maximum absolute atomic E-state index is 13.7. The molecule has 1 saturated heterocycles. The number of halogens is 1. The summed E-state index contributed by atoms with van der Waals surface area (Å²) in [5.41, 5.74) is 3.86. The fraction of sp³-hybridized carbons (Fsp3) is 0.368. The average Bonchev–Trinajstić information content (AvgIpc) is 3.02. The molecule has 130 valence electrons. The molecule has 2 aromatic heterocycles. The highest BCUT2D eigenvalue weighted by molar-refractivity contribution is 5.91. The SMILES string of the molecule is Cc1cc(NC2CCCN(c3cnn(C)c3)C2)c2cc(F)ccc2n1. The highest BCUT2D eigenvalue weighted by atomic mass is 19.1. The molecule has 6 heteroatoms. The lowest BCUT2D eigenvalue weighted by molar-refractivity contribution is 0.530. The van der Waals surface area contributed by atoms with E-state index >= 15 is 0 Å². The van der Waals surface area contributed by atoms with Crippen molar-refractivity contribution in [2.24, 2.45) is 7.05 Å². The van der Waals surface area contributed by atoms with Crippen molar-refractivity contribution >= 4 is 22.3 Å². The first-order chi connectivity index (χ1) is 12.1. The molecule has 5 nitrogen and oxygen atoms in total. The number of benzene rings is 1. The fourth-order valence-electron chi connectivity index (χ4n) is 3.57. The quantitative estimate of drug-likeness (QED) is 0.793. The van der Waals surface area contributed by atoms with Crippen LogP contribution in [0.15, 0.2) is 36.7 Å². The Morgan fingerprint density at radius 1 is 1.28 bits per heavy atom. The number of aromatic nitrogens is 3. The van der Waals surface area contributed by atoms with Crippen LogP contribution in [0.4, 0.5) is 15.8 Å². The number of piperidine rings is 1. The number of fused-ring (bicyclic) bond motifs is 1. The van der Waals surface area contributed by atoms with Crippen molar-refractivity contribution < 1.29 is 4.39 Å². The largest absolute Gasteiger partial charge is 0.380 e. The van der Waals surface area contributed by atoms with Crippen molar-refractivity contribution in [3.63, 3.8) is 0 Å². The smallest absolute Gasteiger partial charge is 0.124 e. The molecule has 0 bridgehead atoms. The molecular formula is C19H22FN5. The fourth-order valence-corrected chi connectivity index (χ4v) is 3.57. The van der Waals surface area contributed by atoms with Crippen molar-refractivity contribution in [2.75, 3.05) is 23.3 Å². The van der Waals surface area contributed by atoms with Gasteiger partial charge in [0.05, 0.1) is 17.4 Å². The van der Waals surface area contributed by atoms with Crippen molar-refractivity contribution in [2.45, 2.75) is 25.8 Å². The molecule has 1 fully saturated rings. The number of hydrogen-bond donors (Lipinski definition) is 1. The third kappa shape index (κ3) is 3.29. The maximum atomic E-state index is 13.7. The highest BCUT2D eigenvalue weighted by Gasteiger charge is 2.21. The second kappa shape index (κ2) is 6.35. The van der Waals surface area contributed by atoms with E-state index in [2.05, 4.69) is 20.3 Å². The summed E-state index contributed by atoms with van der Waals surface area (Å²) in [6.45, 7) is 3.91. The third-order valence-electron chi connectivity index (χ3n) is 4.74. The second-order valence-corrected chi connectivity index (χ2v) is 6.77. The summed E-state index contributed by atoms with van der Waals surface area (Å²) in [6.07, 6.45) is 6.16. The molecule has 4 rings (SSSR count). The molecule has 3 aromatic rings. The van der Waals surface area contributed by atoms with Crippen LogP contribution < -0.4 is 10.2 Å². The van der Waals surface area contributed by atoms with Gasteiger partial charge in [0.15, 0.2) is 0 Å². The van der Waals surface area contributed by atoms with E-state index in [0.29, 0.717) is 6.04 Å². The van der Waals surface area contributed by atoms with Gasteiger partial charge in [0, 0.05) is 49.1 Å². The minimum absolute atomic E-state index is 0.234. The van der Waals surface area contributed by atoms with Gasteiger partial charge in [-0.05, 0) is 44.0 Å². The van der Waals surface area contributed by atoms with Gasteiger partial charge >= 0.3 is 0 Å². The van der Waals surface area contributed by atoms with Crippen molar-refractivity contribution in [3.8, 4) is 0 Å². The molecule has 0 amide bonds. The Balaban J connectivity index is 1.59. The minimum Gasteiger partial charge on any atom is -0.380 e. The van der Waals surface area contributed by atoms with E-state index in [1.807, 2.05) is 37.1 Å². The van der Waals surface area contributed by atoms with E-state index in [0.717, 1.165) is 53.9 Å². The number of aryl methyl sites for hydroxylation is 2. The summed E-state index contributed by atoms with van der Waals surface area (Å²) in [6, 6.07) is 7.08. The molecule has 1 atom stereocenters. The Bertz CT molecular complexity index is 904. The molecule has 1 N–H and O–H groups in total. The second-order valence-electron chi connectivity index (χ2n) is 6.77. The summed E-state index contributed by atoms with van der Waals surface area (Å²) >= 11 is 0. The van der Waals surface area contributed by atoms with E-state index < -0.39 is 0 Å². The van der Waals surface area contributed by atoms with Gasteiger partial charge in [0.2, 0.25) is 0 Å². The maximum Gasteiger partial charge on any atom is 0.124 e. The Kier molecular flexibility index (Phi) is 4.03. The summed E-state index contributed by atoms with van der Waals surface area (Å²) in [4.78, 5) is 6.86. The van der Waals surface area contributed by atoms with E-state index in [1.165, 1.54) is 6.07 Å². The van der Waals surface area contributed by atoms with Gasteiger partial charge in [0.1, 0.15) is 5.82 Å². The predicted octanol–water partition coefficient (Wildman–Crippen LogP) is 3.50. The average molecular weight is 339 g/mol. The lowest BCUT2D eigenvalue weighted by Gasteiger charge is -2.34. The van der Waals surface area contributed by atoms with Gasteiger partial charge in [-0.1, -0.05) is 0 Å². The molecule has 1 unspecified atom stereocenters. The Hall–Kier alpha value is -2.63. The lowest BCUT2D eigenvalue weighted by atomic mass is 10.0. The Morgan fingerprint density at radius 3 is 2.96 bits per heavy atom. The number of rotatable bonds is 3. The topological polar surface area (TPSA) is 46.0 Å². The number of anilines is 2. The molecule has 1 aromatic carbocycles. The van der Waals surface area contributed by atoms with Gasteiger partial charge in [-0.3, -0.25) is 9.67 Å².